The summed E-state index contributed by atoms with van der Waals surface area (Å²) in [5.41, 5.74) is 4.69. The van der Waals surface area contributed by atoms with Crippen molar-refractivity contribution in [3.63, 3.8) is 0 Å². The molecule has 0 aromatic heterocycles. The van der Waals surface area contributed by atoms with Crippen LogP contribution in [0.3, 0.4) is 0 Å². The number of carbonyl (C=O) groups is 2. The zero-order valence-corrected chi connectivity index (χ0v) is 17.5. The van der Waals surface area contributed by atoms with Gasteiger partial charge in [0.25, 0.3) is 11.8 Å². The Kier molecular flexibility index (Phi) is 5.29. The van der Waals surface area contributed by atoms with Gasteiger partial charge in [0.1, 0.15) is 0 Å². The van der Waals surface area contributed by atoms with Gasteiger partial charge in [0.05, 0.1) is 0 Å². The van der Waals surface area contributed by atoms with Crippen molar-refractivity contribution >= 4 is 11.8 Å². The minimum Gasteiger partial charge on any atom is -0.349 e. The second-order valence-corrected chi connectivity index (χ2v) is 8.55. The molecule has 3 aromatic rings. The Labute approximate surface area is 182 Å². The smallest absolute Gasteiger partial charge is 0.254 e. The summed E-state index contributed by atoms with van der Waals surface area (Å²) in [7, 11) is 0. The average Bonchev–Trinajstić information content (AvgIpc) is 3.74. The Morgan fingerprint density at radius 3 is 1.97 bits per heavy atom. The Balaban J connectivity index is 1.28. The Morgan fingerprint density at radius 2 is 1.35 bits per heavy atom. The van der Waals surface area contributed by atoms with Crippen LogP contribution in [0, 0.1) is 0 Å². The third-order valence-electron chi connectivity index (χ3n) is 5.97. The van der Waals surface area contributed by atoms with Crippen molar-refractivity contribution in [3.8, 4) is 11.1 Å². The van der Waals surface area contributed by atoms with Gasteiger partial charge in [-0.05, 0) is 66.6 Å². The molecule has 0 atom stereocenters. The van der Waals surface area contributed by atoms with Crippen LogP contribution in [-0.4, -0.2) is 28.8 Å². The van der Waals surface area contributed by atoms with E-state index in [-0.39, 0.29) is 11.8 Å². The highest BCUT2D eigenvalue weighted by molar-refractivity contribution is 5.95. The van der Waals surface area contributed by atoms with Crippen molar-refractivity contribution < 1.29 is 9.59 Å². The van der Waals surface area contributed by atoms with E-state index in [2.05, 4.69) is 17.4 Å². The molecular weight excluding hydrogens is 384 g/mol. The van der Waals surface area contributed by atoms with Crippen molar-refractivity contribution in [1.29, 1.82) is 0 Å². The van der Waals surface area contributed by atoms with Gasteiger partial charge >= 0.3 is 0 Å². The van der Waals surface area contributed by atoms with E-state index in [1.54, 1.807) is 0 Å². The molecule has 0 bridgehead atoms. The Hall–Kier alpha value is -3.40. The van der Waals surface area contributed by atoms with Crippen LogP contribution in [0.25, 0.3) is 11.1 Å². The number of hydrogen-bond donors (Lipinski definition) is 1. The lowest BCUT2D eigenvalue weighted by Gasteiger charge is -2.23. The third-order valence-corrected chi connectivity index (χ3v) is 5.97. The maximum absolute atomic E-state index is 13.2. The molecule has 0 radical (unpaired) electrons. The van der Waals surface area contributed by atoms with E-state index in [1.807, 2.05) is 71.6 Å². The van der Waals surface area contributed by atoms with Crippen molar-refractivity contribution in [1.82, 2.24) is 10.2 Å². The first-order valence-electron chi connectivity index (χ1n) is 11.0. The predicted octanol–water partition coefficient (Wildman–Crippen LogP) is 5.05. The van der Waals surface area contributed by atoms with Gasteiger partial charge in [-0.1, -0.05) is 54.6 Å². The second kappa shape index (κ2) is 8.38. The summed E-state index contributed by atoms with van der Waals surface area (Å²) < 4.78 is 0. The van der Waals surface area contributed by atoms with Crippen LogP contribution < -0.4 is 5.32 Å². The van der Waals surface area contributed by atoms with Gasteiger partial charge in [0.15, 0.2) is 0 Å². The molecule has 156 valence electrons. The highest BCUT2D eigenvalue weighted by Gasteiger charge is 2.33. The summed E-state index contributed by atoms with van der Waals surface area (Å²) in [4.78, 5) is 27.4. The summed E-state index contributed by atoms with van der Waals surface area (Å²) in [5.74, 6) is 0.0559. The number of nitrogens with one attached hydrogen (secondary N) is 1. The van der Waals surface area contributed by atoms with Crippen LogP contribution >= 0.6 is 0 Å². The van der Waals surface area contributed by atoms with Crippen LogP contribution in [0.5, 0.6) is 0 Å². The molecule has 0 aliphatic heterocycles. The van der Waals surface area contributed by atoms with Crippen molar-refractivity contribution in [3.05, 3.63) is 95.6 Å². The number of amides is 2. The van der Waals surface area contributed by atoms with Crippen LogP contribution in [0.2, 0.25) is 0 Å². The largest absolute Gasteiger partial charge is 0.349 e. The van der Waals surface area contributed by atoms with Gasteiger partial charge in [-0.2, -0.15) is 0 Å². The first-order chi connectivity index (χ1) is 15.2. The standard InChI is InChI=1S/C27H26N2O2/c30-26(28-24-14-15-24)22-8-6-19(7-9-22)18-29(25-16-17-25)27(31)23-12-10-21(11-13-23)20-4-2-1-3-5-20/h1-13,24-25H,14-18H2,(H,28,30). The molecular formula is C27H26N2O2. The van der Waals surface area contributed by atoms with Crippen LogP contribution in [-0.2, 0) is 6.54 Å². The molecule has 4 heteroatoms. The summed E-state index contributed by atoms with van der Waals surface area (Å²) in [5, 5.41) is 3.01. The lowest BCUT2D eigenvalue weighted by atomic mass is 10.0. The maximum Gasteiger partial charge on any atom is 0.254 e. The van der Waals surface area contributed by atoms with Gasteiger partial charge in [0, 0.05) is 29.8 Å². The molecule has 0 saturated heterocycles. The fraction of sp³-hybridized carbons (Fsp3) is 0.259. The van der Waals surface area contributed by atoms with E-state index in [0.717, 1.165) is 42.4 Å². The van der Waals surface area contributed by atoms with Gasteiger partial charge in [0.2, 0.25) is 0 Å². The minimum atomic E-state index is -0.0114. The average molecular weight is 411 g/mol. The first-order valence-corrected chi connectivity index (χ1v) is 11.0. The molecule has 2 aliphatic rings. The summed E-state index contributed by atoms with van der Waals surface area (Å²) in [6.07, 6.45) is 4.26. The summed E-state index contributed by atoms with van der Waals surface area (Å²) in [6.45, 7) is 0.564. The molecule has 0 heterocycles. The van der Waals surface area contributed by atoms with Crippen molar-refractivity contribution in [2.24, 2.45) is 0 Å². The normalized spacial score (nSPS) is 15.4. The van der Waals surface area contributed by atoms with E-state index in [4.69, 9.17) is 0 Å². The van der Waals surface area contributed by atoms with Gasteiger partial charge in [-0.15, -0.1) is 0 Å². The van der Waals surface area contributed by atoms with Gasteiger partial charge < -0.3 is 10.2 Å². The first kappa shape index (κ1) is 19.6. The van der Waals surface area contributed by atoms with Crippen LogP contribution in [0.1, 0.15) is 52.0 Å². The topological polar surface area (TPSA) is 49.4 Å². The third kappa shape index (κ3) is 4.69. The quantitative estimate of drug-likeness (QED) is 0.592. The molecule has 0 spiro atoms. The van der Waals surface area contributed by atoms with Crippen molar-refractivity contribution in [2.45, 2.75) is 44.3 Å². The molecule has 3 aromatic carbocycles. The number of benzene rings is 3. The van der Waals surface area contributed by atoms with E-state index < -0.39 is 0 Å². The fourth-order valence-electron chi connectivity index (χ4n) is 3.81. The van der Waals surface area contributed by atoms with Crippen LogP contribution in [0.4, 0.5) is 0 Å². The molecule has 2 amide bonds. The SMILES string of the molecule is O=C(NC1CC1)c1ccc(CN(C(=O)c2ccc(-c3ccccc3)cc2)C2CC2)cc1. The highest BCUT2D eigenvalue weighted by Crippen LogP contribution is 2.30. The number of nitrogens with zero attached hydrogens (tertiary/aromatic N) is 1. The number of carbonyl (C=O) groups excluding carboxylic acids is 2. The monoisotopic (exact) mass is 410 g/mol. The zero-order valence-electron chi connectivity index (χ0n) is 17.5. The fourth-order valence-corrected chi connectivity index (χ4v) is 3.81. The van der Waals surface area contributed by atoms with E-state index in [9.17, 15) is 9.59 Å². The summed E-state index contributed by atoms with van der Waals surface area (Å²) in [6, 6.07) is 26.3. The molecule has 1 N–H and O–H groups in total. The lowest BCUT2D eigenvalue weighted by Crippen LogP contribution is -2.32. The molecule has 0 unspecified atom stereocenters. The maximum atomic E-state index is 13.2. The highest BCUT2D eigenvalue weighted by atomic mass is 16.2. The van der Waals surface area contributed by atoms with Crippen molar-refractivity contribution in [2.75, 3.05) is 0 Å². The molecule has 2 saturated carbocycles. The molecule has 31 heavy (non-hydrogen) atoms. The minimum absolute atomic E-state index is 0.0114. The zero-order chi connectivity index (χ0) is 21.2. The van der Waals surface area contributed by atoms with Gasteiger partial charge in [-0.3, -0.25) is 9.59 Å². The lowest BCUT2D eigenvalue weighted by molar-refractivity contribution is 0.0729. The number of rotatable bonds is 7. The van der Waals surface area contributed by atoms with E-state index in [0.29, 0.717) is 29.8 Å². The van der Waals surface area contributed by atoms with Gasteiger partial charge in [-0.25, -0.2) is 0 Å². The van der Waals surface area contributed by atoms with E-state index >= 15 is 0 Å². The Bertz CT molecular complexity index is 1070. The summed E-state index contributed by atoms with van der Waals surface area (Å²) >= 11 is 0. The second-order valence-electron chi connectivity index (χ2n) is 8.55. The van der Waals surface area contributed by atoms with E-state index in [1.165, 1.54) is 0 Å². The number of hydrogen-bond acceptors (Lipinski definition) is 2. The predicted molar refractivity (Wildman–Crippen MR) is 122 cm³/mol. The molecule has 4 nitrogen and oxygen atoms in total. The molecule has 5 rings (SSSR count). The molecule has 2 aliphatic carbocycles. The van der Waals surface area contributed by atoms with Crippen LogP contribution in [0.15, 0.2) is 78.9 Å². The molecule has 2 fully saturated rings. The Morgan fingerprint density at radius 1 is 0.742 bits per heavy atom.